The minimum atomic E-state index is -4.05. The van der Waals surface area contributed by atoms with Crippen molar-refractivity contribution in [2.75, 3.05) is 18.0 Å². The van der Waals surface area contributed by atoms with E-state index in [1.165, 1.54) is 25.5 Å². The third-order valence-corrected chi connectivity index (χ3v) is 9.55. The summed E-state index contributed by atoms with van der Waals surface area (Å²) in [6.07, 6.45) is 1.41. The van der Waals surface area contributed by atoms with E-state index in [4.69, 9.17) is 32.7 Å². The molecule has 43 heavy (non-hydrogen) atoms. The van der Waals surface area contributed by atoms with E-state index in [0.717, 1.165) is 19.9 Å². The predicted octanol–water partition coefficient (Wildman–Crippen LogP) is 7.76. The topological polar surface area (TPSA) is 97.3 Å². The Labute approximate surface area is 276 Å². The second kappa shape index (κ2) is 14.6. The first-order chi connectivity index (χ1) is 20.5. The molecule has 0 fully saturated rings. The molecule has 4 aromatic carbocycles. The molecule has 13 heteroatoms. The summed E-state index contributed by atoms with van der Waals surface area (Å²) in [6.45, 7) is 1.54. The number of hydrogen-bond donors (Lipinski definition) is 1. The number of ether oxygens (including phenoxy) is 2. The minimum absolute atomic E-state index is 0.0647. The van der Waals surface area contributed by atoms with Gasteiger partial charge in [-0.05, 0) is 89.1 Å². The molecule has 0 aliphatic rings. The second-order valence-electron chi connectivity index (χ2n) is 9.15. The molecule has 0 radical (unpaired) electrons. The van der Waals surface area contributed by atoms with Crippen LogP contribution in [0.2, 0.25) is 10.0 Å². The lowest BCUT2D eigenvalue weighted by Crippen LogP contribution is -2.39. The van der Waals surface area contributed by atoms with Gasteiger partial charge in [0.1, 0.15) is 13.2 Å². The number of amides is 1. The average Bonchev–Trinajstić information content (AvgIpc) is 2.96. The van der Waals surface area contributed by atoms with Crippen molar-refractivity contribution in [3.05, 3.63) is 115 Å². The van der Waals surface area contributed by atoms with Crippen LogP contribution in [-0.2, 0) is 21.4 Å². The molecule has 224 valence electrons. The predicted molar refractivity (Wildman–Crippen MR) is 177 cm³/mol. The van der Waals surface area contributed by atoms with Gasteiger partial charge in [-0.15, -0.1) is 0 Å². The molecule has 0 unspecified atom stereocenters. The summed E-state index contributed by atoms with van der Waals surface area (Å²) in [6, 6.07) is 21.6. The number of aryl methyl sites for hydroxylation is 1. The molecule has 0 aromatic heterocycles. The van der Waals surface area contributed by atoms with Crippen LogP contribution in [0.25, 0.3) is 0 Å². The Hall–Kier alpha value is -3.09. The van der Waals surface area contributed by atoms with Gasteiger partial charge < -0.3 is 9.47 Å². The van der Waals surface area contributed by atoms with Gasteiger partial charge in [-0.25, -0.2) is 13.8 Å². The molecule has 8 nitrogen and oxygen atoms in total. The third kappa shape index (κ3) is 8.51. The molecule has 0 atom stereocenters. The largest absolute Gasteiger partial charge is 0.493 e. The van der Waals surface area contributed by atoms with Crippen LogP contribution in [0.1, 0.15) is 16.7 Å². The van der Waals surface area contributed by atoms with Crippen LogP contribution in [0.4, 0.5) is 5.69 Å². The Kier molecular flexibility index (Phi) is 11.1. The first kappa shape index (κ1) is 32.8. The summed E-state index contributed by atoms with van der Waals surface area (Å²) in [7, 11) is -2.55. The normalized spacial score (nSPS) is 11.4. The van der Waals surface area contributed by atoms with Crippen LogP contribution in [0.3, 0.4) is 0 Å². The number of halogens is 4. The number of sulfonamides is 1. The molecule has 0 bridgehead atoms. The molecule has 0 aliphatic heterocycles. The summed E-state index contributed by atoms with van der Waals surface area (Å²) >= 11 is 19.1. The number of hydrazone groups is 1. The van der Waals surface area contributed by atoms with Gasteiger partial charge in [-0.3, -0.25) is 9.10 Å². The summed E-state index contributed by atoms with van der Waals surface area (Å²) in [5.74, 6) is 0.222. The van der Waals surface area contributed by atoms with Gasteiger partial charge in [0.15, 0.2) is 11.5 Å². The second-order valence-corrected chi connectivity index (χ2v) is 13.6. The van der Waals surface area contributed by atoms with E-state index < -0.39 is 22.5 Å². The van der Waals surface area contributed by atoms with Gasteiger partial charge in [0.05, 0.1) is 28.4 Å². The lowest BCUT2D eigenvalue weighted by atomic mass is 10.2. The van der Waals surface area contributed by atoms with E-state index in [0.29, 0.717) is 37.3 Å². The molecule has 0 saturated carbocycles. The van der Waals surface area contributed by atoms with Crippen molar-refractivity contribution in [2.24, 2.45) is 5.10 Å². The van der Waals surface area contributed by atoms with E-state index in [1.807, 2.05) is 6.92 Å². The summed E-state index contributed by atoms with van der Waals surface area (Å²) in [4.78, 5) is 13.0. The maximum Gasteiger partial charge on any atom is 0.264 e. The molecule has 0 aliphatic carbocycles. The van der Waals surface area contributed by atoms with Crippen LogP contribution in [-0.4, -0.2) is 34.2 Å². The third-order valence-electron chi connectivity index (χ3n) is 6.05. The van der Waals surface area contributed by atoms with Gasteiger partial charge in [-0.2, -0.15) is 5.10 Å². The number of nitrogens with one attached hydrogen (secondary N) is 1. The molecule has 4 rings (SSSR count). The molecule has 1 amide bonds. The first-order valence-corrected chi connectivity index (χ1v) is 16.4. The number of hydrogen-bond acceptors (Lipinski definition) is 6. The van der Waals surface area contributed by atoms with Crippen LogP contribution >= 0.6 is 55.1 Å². The van der Waals surface area contributed by atoms with Crippen molar-refractivity contribution in [1.82, 2.24) is 5.43 Å². The number of carbonyl (C=O) groups is 1. The number of rotatable bonds is 11. The highest BCUT2D eigenvalue weighted by Crippen LogP contribution is 2.37. The Balaban J connectivity index is 1.48. The Morgan fingerprint density at radius 2 is 1.70 bits per heavy atom. The fraction of sp³-hybridized carbons (Fsp3) is 0.133. The van der Waals surface area contributed by atoms with Gasteiger partial charge in [0.2, 0.25) is 0 Å². The van der Waals surface area contributed by atoms with Gasteiger partial charge in [-0.1, -0.05) is 62.9 Å². The van der Waals surface area contributed by atoms with Gasteiger partial charge in [0, 0.05) is 20.1 Å². The zero-order valence-corrected chi connectivity index (χ0v) is 28.4. The molecule has 0 spiro atoms. The summed E-state index contributed by atoms with van der Waals surface area (Å²) < 4.78 is 40.9. The van der Waals surface area contributed by atoms with Gasteiger partial charge >= 0.3 is 0 Å². The van der Waals surface area contributed by atoms with Crippen molar-refractivity contribution in [3.8, 4) is 11.5 Å². The smallest absolute Gasteiger partial charge is 0.264 e. The van der Waals surface area contributed by atoms with E-state index in [9.17, 15) is 13.2 Å². The fourth-order valence-electron chi connectivity index (χ4n) is 3.85. The summed E-state index contributed by atoms with van der Waals surface area (Å²) in [5.41, 5.74) is 4.97. The monoisotopic (exact) mass is 767 g/mol. The Morgan fingerprint density at radius 3 is 2.35 bits per heavy atom. The molecular formula is C30H25Br2Cl2N3O5S. The quantitative estimate of drug-likeness (QED) is 0.124. The number of methoxy groups -OCH3 is 1. The van der Waals surface area contributed by atoms with E-state index in [1.54, 1.807) is 66.7 Å². The first-order valence-electron chi connectivity index (χ1n) is 12.6. The number of carbonyl (C=O) groups excluding carboxylic acids is 1. The maximum absolute atomic E-state index is 13.5. The highest BCUT2D eigenvalue weighted by atomic mass is 79.9. The van der Waals surface area contributed by atoms with Crippen molar-refractivity contribution in [3.63, 3.8) is 0 Å². The van der Waals surface area contributed by atoms with Crippen LogP contribution < -0.4 is 19.2 Å². The van der Waals surface area contributed by atoms with Crippen molar-refractivity contribution in [1.29, 1.82) is 0 Å². The Bertz CT molecular complexity index is 1750. The lowest BCUT2D eigenvalue weighted by molar-refractivity contribution is -0.119. The standard InChI is InChI=1S/C30H25Br2Cl2N3O5S/c1-19-3-11-25(12-4-19)43(39,40)37(24-9-6-22(31)7-10-24)17-29(38)36-35-16-20-13-26(32)30(28(14-20)41-2)42-18-21-5-8-23(33)15-27(21)34/h3-16H,17-18H2,1-2H3,(H,36,38)/b35-16+. The molecule has 0 saturated heterocycles. The fourth-order valence-corrected chi connectivity index (χ4v) is 6.57. The van der Waals surface area contributed by atoms with Crippen molar-refractivity contribution in [2.45, 2.75) is 18.4 Å². The highest BCUT2D eigenvalue weighted by Gasteiger charge is 2.27. The molecule has 0 heterocycles. The van der Waals surface area contributed by atoms with Crippen LogP contribution in [0.15, 0.2) is 97.8 Å². The zero-order chi connectivity index (χ0) is 31.1. The van der Waals surface area contributed by atoms with Gasteiger partial charge in [0.25, 0.3) is 15.9 Å². The van der Waals surface area contributed by atoms with E-state index in [-0.39, 0.29) is 11.5 Å². The van der Waals surface area contributed by atoms with Crippen molar-refractivity contribution >= 4 is 82.9 Å². The minimum Gasteiger partial charge on any atom is -0.493 e. The maximum atomic E-state index is 13.5. The number of anilines is 1. The van der Waals surface area contributed by atoms with E-state index >= 15 is 0 Å². The SMILES string of the molecule is COc1cc(/C=N/NC(=O)CN(c2ccc(Br)cc2)S(=O)(=O)c2ccc(C)cc2)cc(Br)c1OCc1ccc(Cl)cc1Cl. The molecule has 1 N–H and O–H groups in total. The molecule has 4 aromatic rings. The van der Waals surface area contributed by atoms with Crippen LogP contribution in [0, 0.1) is 6.92 Å². The number of nitrogens with zero attached hydrogens (tertiary/aromatic N) is 2. The average molecular weight is 770 g/mol. The Morgan fingerprint density at radius 1 is 1.00 bits per heavy atom. The van der Waals surface area contributed by atoms with Crippen LogP contribution in [0.5, 0.6) is 11.5 Å². The highest BCUT2D eigenvalue weighted by molar-refractivity contribution is 9.10. The summed E-state index contributed by atoms with van der Waals surface area (Å²) in [5, 5.41) is 5.03. The molecular weight excluding hydrogens is 745 g/mol. The number of benzene rings is 4. The van der Waals surface area contributed by atoms with E-state index in [2.05, 4.69) is 42.4 Å². The zero-order valence-electron chi connectivity index (χ0n) is 22.9. The van der Waals surface area contributed by atoms with Crippen molar-refractivity contribution < 1.29 is 22.7 Å². The lowest BCUT2D eigenvalue weighted by Gasteiger charge is -2.23.